The third kappa shape index (κ3) is 5.95. The molecule has 102 valence electrons. The summed E-state index contributed by atoms with van der Waals surface area (Å²) in [7, 11) is 0. The number of rotatable bonds is 6. The van der Waals surface area contributed by atoms with Crippen molar-refractivity contribution in [2.24, 2.45) is 10.2 Å². The number of hydrogen-bond acceptors (Lipinski definition) is 4. The van der Waals surface area contributed by atoms with Crippen LogP contribution in [0.4, 0.5) is 5.69 Å². The Balaban J connectivity index is 2.77. The number of carbonyl (C=O) groups excluding carboxylic acids is 1. The molecular weight excluding hydrogens is 240 g/mol. The van der Waals surface area contributed by atoms with E-state index in [1.165, 1.54) is 11.6 Å². The molecule has 0 atom stereocenters. The van der Waals surface area contributed by atoms with Crippen LogP contribution in [0.25, 0.3) is 0 Å². The molecule has 0 aliphatic heterocycles. The van der Waals surface area contributed by atoms with E-state index in [1.54, 1.807) is 6.92 Å². The molecular formula is C15H20N2O2. The number of ether oxygens (including phenoxy) is 1. The maximum absolute atomic E-state index is 11.4. The number of nitrogens with zero attached hydrogens (tertiary/aromatic N) is 2. The maximum Gasteiger partial charge on any atom is 0.332 e. The Kier molecular flexibility index (Phi) is 6.50. The van der Waals surface area contributed by atoms with Crippen LogP contribution >= 0.6 is 0 Å². The van der Waals surface area contributed by atoms with Gasteiger partial charge < -0.3 is 4.74 Å². The number of allylic oxidation sites excluding steroid dienone is 1. The molecule has 1 aromatic carbocycles. The predicted molar refractivity (Wildman–Crippen MR) is 75.3 cm³/mol. The van der Waals surface area contributed by atoms with E-state index < -0.39 is 0 Å². The van der Waals surface area contributed by atoms with Gasteiger partial charge in [0.05, 0.1) is 18.0 Å². The minimum Gasteiger partial charge on any atom is -0.463 e. The summed E-state index contributed by atoms with van der Waals surface area (Å²) in [5.41, 5.74) is 2.59. The molecule has 1 rings (SSSR count). The molecule has 0 radical (unpaired) electrons. The normalized spacial score (nSPS) is 11.8. The molecule has 4 heteroatoms. The van der Waals surface area contributed by atoms with E-state index in [-0.39, 0.29) is 5.97 Å². The van der Waals surface area contributed by atoms with E-state index in [0.717, 1.165) is 12.1 Å². The molecule has 0 bridgehead atoms. The predicted octanol–water partition coefficient (Wildman–Crippen LogP) is 4.33. The second kappa shape index (κ2) is 8.19. The maximum atomic E-state index is 11.4. The highest BCUT2D eigenvalue weighted by Gasteiger charge is 2.01. The monoisotopic (exact) mass is 260 g/mol. The Hall–Kier alpha value is -1.97. The van der Waals surface area contributed by atoms with Gasteiger partial charge in [-0.15, -0.1) is 0 Å². The molecule has 0 aliphatic rings. The fourth-order valence-electron chi connectivity index (χ4n) is 1.46. The van der Waals surface area contributed by atoms with Crippen molar-refractivity contribution in [3.8, 4) is 0 Å². The minimum atomic E-state index is -0.367. The van der Waals surface area contributed by atoms with Crippen LogP contribution in [-0.4, -0.2) is 12.6 Å². The molecule has 19 heavy (non-hydrogen) atoms. The van der Waals surface area contributed by atoms with Crippen LogP contribution in [-0.2, 0) is 9.53 Å². The molecule has 1 aromatic rings. The van der Waals surface area contributed by atoms with Crippen LogP contribution in [0.5, 0.6) is 0 Å². The molecule has 0 N–H and O–H groups in total. The van der Waals surface area contributed by atoms with Crippen LogP contribution in [0.1, 0.15) is 32.3 Å². The van der Waals surface area contributed by atoms with Gasteiger partial charge in [0.25, 0.3) is 0 Å². The van der Waals surface area contributed by atoms with Gasteiger partial charge in [-0.2, -0.15) is 10.2 Å². The summed E-state index contributed by atoms with van der Waals surface area (Å²) in [6.07, 6.45) is 3.01. The summed E-state index contributed by atoms with van der Waals surface area (Å²) in [5.74, 6) is -0.367. The molecule has 0 fully saturated rings. The first-order valence-electron chi connectivity index (χ1n) is 6.51. The number of benzene rings is 1. The number of carbonyl (C=O) groups is 1. The molecule has 0 amide bonds. The van der Waals surface area contributed by atoms with Crippen molar-refractivity contribution < 1.29 is 9.53 Å². The van der Waals surface area contributed by atoms with Crippen LogP contribution in [0.2, 0.25) is 0 Å². The van der Waals surface area contributed by atoms with Gasteiger partial charge in [-0.25, -0.2) is 4.79 Å². The fourth-order valence-corrected chi connectivity index (χ4v) is 1.46. The van der Waals surface area contributed by atoms with Gasteiger partial charge in [-0.1, -0.05) is 31.0 Å². The van der Waals surface area contributed by atoms with Crippen molar-refractivity contribution in [2.45, 2.75) is 33.6 Å². The Morgan fingerprint density at radius 2 is 1.95 bits per heavy atom. The van der Waals surface area contributed by atoms with Gasteiger partial charge in [0.15, 0.2) is 0 Å². The Morgan fingerprint density at radius 3 is 2.53 bits per heavy atom. The molecule has 0 saturated heterocycles. The van der Waals surface area contributed by atoms with Crippen LogP contribution in [0, 0.1) is 6.92 Å². The lowest BCUT2D eigenvalue weighted by molar-refractivity contribution is -0.137. The molecule has 0 saturated carbocycles. The lowest BCUT2D eigenvalue weighted by atomic mass is 10.2. The van der Waals surface area contributed by atoms with E-state index >= 15 is 0 Å². The third-order valence-electron chi connectivity index (χ3n) is 2.41. The Bertz CT molecular complexity index is 462. The third-order valence-corrected chi connectivity index (χ3v) is 2.41. The zero-order valence-corrected chi connectivity index (χ0v) is 11.7. The quantitative estimate of drug-likeness (QED) is 0.434. The standard InChI is InChI=1S/C15H20N2O2/c1-4-6-14(11-15(18)19-5-2)17-16-13-9-7-12(3)8-10-13/h7-11H,4-6H2,1-3H3/b14-11+,17-16?. The van der Waals surface area contributed by atoms with Crippen molar-refractivity contribution >= 4 is 11.7 Å². The average molecular weight is 260 g/mol. The summed E-state index contributed by atoms with van der Waals surface area (Å²) >= 11 is 0. The van der Waals surface area contributed by atoms with Gasteiger partial charge in [0.2, 0.25) is 0 Å². The van der Waals surface area contributed by atoms with E-state index in [9.17, 15) is 4.79 Å². The van der Waals surface area contributed by atoms with Crippen molar-refractivity contribution in [2.75, 3.05) is 6.61 Å². The summed E-state index contributed by atoms with van der Waals surface area (Å²) in [5, 5.41) is 8.25. The lowest BCUT2D eigenvalue weighted by Gasteiger charge is -2.00. The second-order valence-corrected chi connectivity index (χ2v) is 4.17. The topological polar surface area (TPSA) is 51.0 Å². The van der Waals surface area contributed by atoms with Gasteiger partial charge in [0.1, 0.15) is 0 Å². The van der Waals surface area contributed by atoms with E-state index in [0.29, 0.717) is 18.7 Å². The minimum absolute atomic E-state index is 0.365. The SMILES string of the molecule is CCC/C(=C\C(=O)OCC)N=Nc1ccc(C)cc1. The summed E-state index contributed by atoms with van der Waals surface area (Å²) < 4.78 is 4.87. The second-order valence-electron chi connectivity index (χ2n) is 4.17. The van der Waals surface area contributed by atoms with Crippen LogP contribution in [0.15, 0.2) is 46.3 Å². The van der Waals surface area contributed by atoms with Gasteiger partial charge >= 0.3 is 5.97 Å². The summed E-state index contributed by atoms with van der Waals surface area (Å²) in [6.45, 7) is 6.19. The van der Waals surface area contributed by atoms with E-state index in [1.807, 2.05) is 38.1 Å². The number of esters is 1. The number of aryl methyl sites for hydroxylation is 1. The smallest absolute Gasteiger partial charge is 0.332 e. The zero-order valence-electron chi connectivity index (χ0n) is 11.7. The number of hydrogen-bond donors (Lipinski definition) is 0. The molecule has 0 aliphatic carbocycles. The van der Waals surface area contributed by atoms with Crippen LogP contribution < -0.4 is 0 Å². The van der Waals surface area contributed by atoms with Crippen molar-refractivity contribution in [3.05, 3.63) is 41.6 Å². The van der Waals surface area contributed by atoms with Gasteiger partial charge in [-0.05, 0) is 32.4 Å². The summed E-state index contributed by atoms with van der Waals surface area (Å²) in [6, 6.07) is 7.74. The molecule has 4 nitrogen and oxygen atoms in total. The average Bonchev–Trinajstić information content (AvgIpc) is 2.38. The fraction of sp³-hybridized carbons (Fsp3) is 0.400. The molecule has 0 spiro atoms. The van der Waals surface area contributed by atoms with Gasteiger partial charge in [-0.3, -0.25) is 0 Å². The first-order chi connectivity index (χ1) is 9.15. The van der Waals surface area contributed by atoms with Crippen LogP contribution in [0.3, 0.4) is 0 Å². The zero-order chi connectivity index (χ0) is 14.1. The lowest BCUT2D eigenvalue weighted by Crippen LogP contribution is -2.00. The molecule has 0 heterocycles. The first-order valence-corrected chi connectivity index (χ1v) is 6.51. The number of azo groups is 1. The summed E-state index contributed by atoms with van der Waals surface area (Å²) in [4.78, 5) is 11.4. The van der Waals surface area contributed by atoms with E-state index in [4.69, 9.17) is 4.74 Å². The highest BCUT2D eigenvalue weighted by Crippen LogP contribution is 2.16. The van der Waals surface area contributed by atoms with Crippen molar-refractivity contribution in [3.63, 3.8) is 0 Å². The van der Waals surface area contributed by atoms with Crippen molar-refractivity contribution in [1.82, 2.24) is 0 Å². The first kappa shape index (κ1) is 15.1. The Morgan fingerprint density at radius 1 is 1.26 bits per heavy atom. The van der Waals surface area contributed by atoms with E-state index in [2.05, 4.69) is 10.2 Å². The molecule has 0 unspecified atom stereocenters. The largest absolute Gasteiger partial charge is 0.463 e. The van der Waals surface area contributed by atoms with Gasteiger partial charge in [0, 0.05) is 6.08 Å². The molecule has 0 aromatic heterocycles. The van der Waals surface area contributed by atoms with Crippen molar-refractivity contribution in [1.29, 1.82) is 0 Å². The Labute approximate surface area is 114 Å². The highest BCUT2D eigenvalue weighted by atomic mass is 16.5. The highest BCUT2D eigenvalue weighted by molar-refractivity contribution is 5.82.